The topological polar surface area (TPSA) is 52.9 Å². The third kappa shape index (κ3) is 4.19. The Hall–Kier alpha value is -3.24. The van der Waals surface area contributed by atoms with Crippen molar-refractivity contribution in [2.24, 2.45) is 4.99 Å². The van der Waals surface area contributed by atoms with Crippen molar-refractivity contribution < 1.29 is 9.90 Å². The molecular weight excluding hydrogens is 372 g/mol. The summed E-state index contributed by atoms with van der Waals surface area (Å²) in [4.78, 5) is 18.1. The smallest absolute Gasteiger partial charge is 0.336 e. The van der Waals surface area contributed by atoms with E-state index in [1.807, 2.05) is 18.2 Å². The molecule has 0 saturated carbocycles. The van der Waals surface area contributed by atoms with E-state index in [9.17, 15) is 9.90 Å². The van der Waals surface area contributed by atoms with E-state index in [1.54, 1.807) is 13.0 Å². The van der Waals surface area contributed by atoms with Crippen LogP contribution in [0.5, 0.6) is 0 Å². The first-order valence-electron chi connectivity index (χ1n) is 10.3. The highest BCUT2D eigenvalue weighted by Crippen LogP contribution is 2.32. The summed E-state index contributed by atoms with van der Waals surface area (Å²) in [5.41, 5.74) is 6.96. The SMILES string of the molecule is C=Nc1cc(-c2ccc(-c3cccc(CN4CCCC4)c3)cc2)cc(C(=O)O)c1C. The van der Waals surface area contributed by atoms with Crippen LogP contribution in [0.15, 0.2) is 65.7 Å². The number of hydrogen-bond acceptors (Lipinski definition) is 3. The Bertz CT molecular complexity index is 1080. The monoisotopic (exact) mass is 398 g/mol. The summed E-state index contributed by atoms with van der Waals surface area (Å²) in [5, 5.41) is 9.51. The Labute approximate surface area is 177 Å². The highest BCUT2D eigenvalue weighted by molar-refractivity contribution is 5.93. The highest BCUT2D eigenvalue weighted by atomic mass is 16.4. The minimum absolute atomic E-state index is 0.258. The lowest BCUT2D eigenvalue weighted by molar-refractivity contribution is 0.0696. The van der Waals surface area contributed by atoms with Crippen molar-refractivity contribution in [3.8, 4) is 22.3 Å². The van der Waals surface area contributed by atoms with Gasteiger partial charge >= 0.3 is 5.97 Å². The van der Waals surface area contributed by atoms with Gasteiger partial charge in [0.05, 0.1) is 11.3 Å². The van der Waals surface area contributed by atoms with Gasteiger partial charge in [-0.25, -0.2) is 4.79 Å². The minimum atomic E-state index is -0.953. The summed E-state index contributed by atoms with van der Waals surface area (Å²) < 4.78 is 0. The number of benzene rings is 3. The summed E-state index contributed by atoms with van der Waals surface area (Å²) in [5.74, 6) is -0.953. The Balaban J connectivity index is 1.61. The average molecular weight is 399 g/mol. The number of hydrogen-bond donors (Lipinski definition) is 1. The number of rotatable bonds is 6. The number of likely N-dealkylation sites (tertiary alicyclic amines) is 1. The van der Waals surface area contributed by atoms with Crippen molar-refractivity contribution in [1.82, 2.24) is 4.90 Å². The molecule has 0 amide bonds. The molecule has 0 radical (unpaired) electrons. The fraction of sp³-hybridized carbons (Fsp3) is 0.231. The van der Waals surface area contributed by atoms with Gasteiger partial charge in [0.2, 0.25) is 0 Å². The van der Waals surface area contributed by atoms with Crippen LogP contribution >= 0.6 is 0 Å². The van der Waals surface area contributed by atoms with Gasteiger partial charge in [0.25, 0.3) is 0 Å². The van der Waals surface area contributed by atoms with Gasteiger partial charge in [-0.3, -0.25) is 9.89 Å². The number of aromatic carboxylic acids is 1. The van der Waals surface area contributed by atoms with Crippen LogP contribution in [0.2, 0.25) is 0 Å². The van der Waals surface area contributed by atoms with Gasteiger partial charge < -0.3 is 5.11 Å². The van der Waals surface area contributed by atoms with Gasteiger partial charge in [-0.2, -0.15) is 0 Å². The molecule has 4 heteroatoms. The molecule has 3 aromatic rings. The molecule has 152 valence electrons. The summed E-state index contributed by atoms with van der Waals surface area (Å²) >= 11 is 0. The molecule has 3 aromatic carbocycles. The zero-order chi connectivity index (χ0) is 21.1. The lowest BCUT2D eigenvalue weighted by Gasteiger charge is -2.15. The first kappa shape index (κ1) is 20.0. The molecule has 4 rings (SSSR count). The van der Waals surface area contributed by atoms with E-state index in [1.165, 1.54) is 37.1 Å². The maximum Gasteiger partial charge on any atom is 0.336 e. The first-order valence-corrected chi connectivity index (χ1v) is 10.3. The Morgan fingerprint density at radius 1 is 0.967 bits per heavy atom. The Kier molecular flexibility index (Phi) is 5.77. The second-order valence-electron chi connectivity index (χ2n) is 7.89. The molecule has 30 heavy (non-hydrogen) atoms. The Morgan fingerprint density at radius 3 is 2.27 bits per heavy atom. The van der Waals surface area contributed by atoms with Crippen LogP contribution in [-0.4, -0.2) is 35.8 Å². The van der Waals surface area contributed by atoms with Gasteiger partial charge in [-0.05, 0) is 91.2 Å². The lowest BCUT2D eigenvalue weighted by Crippen LogP contribution is -2.18. The minimum Gasteiger partial charge on any atom is -0.478 e. The molecule has 0 unspecified atom stereocenters. The van der Waals surface area contributed by atoms with Crippen LogP contribution in [0.25, 0.3) is 22.3 Å². The maximum absolute atomic E-state index is 11.6. The zero-order valence-corrected chi connectivity index (χ0v) is 17.3. The van der Waals surface area contributed by atoms with Gasteiger partial charge in [0.15, 0.2) is 0 Å². The van der Waals surface area contributed by atoms with Crippen LogP contribution in [0.1, 0.15) is 34.3 Å². The molecule has 1 aliphatic heterocycles. The third-order valence-electron chi connectivity index (χ3n) is 5.86. The van der Waals surface area contributed by atoms with E-state index < -0.39 is 5.97 Å². The van der Waals surface area contributed by atoms with E-state index in [4.69, 9.17) is 0 Å². The quantitative estimate of drug-likeness (QED) is 0.522. The van der Waals surface area contributed by atoms with Crippen LogP contribution in [0.4, 0.5) is 5.69 Å². The number of carboxylic acids is 1. The first-order chi connectivity index (χ1) is 14.5. The predicted molar refractivity (Wildman–Crippen MR) is 123 cm³/mol. The fourth-order valence-electron chi connectivity index (χ4n) is 4.16. The van der Waals surface area contributed by atoms with Gasteiger partial charge in [-0.15, -0.1) is 0 Å². The fourth-order valence-corrected chi connectivity index (χ4v) is 4.16. The van der Waals surface area contributed by atoms with Gasteiger partial charge in [-0.1, -0.05) is 42.5 Å². The zero-order valence-electron chi connectivity index (χ0n) is 17.3. The van der Waals surface area contributed by atoms with Crippen molar-refractivity contribution in [2.75, 3.05) is 13.1 Å². The number of carbonyl (C=O) groups is 1. The summed E-state index contributed by atoms with van der Waals surface area (Å²) in [6, 6.07) is 20.6. The predicted octanol–water partition coefficient (Wildman–Crippen LogP) is 5.96. The second kappa shape index (κ2) is 8.64. The standard InChI is InChI=1S/C26H26N2O2/c1-18-24(26(29)30)15-23(16-25(18)27-2)21-10-8-20(9-11-21)22-7-5-6-19(14-22)17-28-12-3-4-13-28/h5-11,14-16H,2-4,12-13,17H2,1H3,(H,29,30). The molecular formula is C26H26N2O2. The molecule has 0 spiro atoms. The maximum atomic E-state index is 11.6. The van der Waals surface area contributed by atoms with E-state index in [2.05, 4.69) is 53.0 Å². The van der Waals surface area contributed by atoms with Crippen molar-refractivity contribution >= 4 is 18.4 Å². The summed E-state index contributed by atoms with van der Waals surface area (Å²) in [6.07, 6.45) is 2.60. The van der Waals surface area contributed by atoms with Crippen molar-refractivity contribution in [1.29, 1.82) is 0 Å². The van der Waals surface area contributed by atoms with Crippen LogP contribution in [0.3, 0.4) is 0 Å². The normalized spacial score (nSPS) is 14.0. The van der Waals surface area contributed by atoms with Crippen LogP contribution in [0, 0.1) is 6.92 Å². The van der Waals surface area contributed by atoms with Crippen molar-refractivity contribution in [3.63, 3.8) is 0 Å². The van der Waals surface area contributed by atoms with E-state index in [0.717, 1.165) is 23.2 Å². The highest BCUT2D eigenvalue weighted by Gasteiger charge is 2.14. The molecule has 0 atom stereocenters. The third-order valence-corrected chi connectivity index (χ3v) is 5.86. The van der Waals surface area contributed by atoms with E-state index in [0.29, 0.717) is 11.3 Å². The molecule has 0 bridgehead atoms. The van der Waals surface area contributed by atoms with Crippen molar-refractivity contribution in [3.05, 3.63) is 77.4 Å². The largest absolute Gasteiger partial charge is 0.478 e. The van der Waals surface area contributed by atoms with Gasteiger partial charge in [0.1, 0.15) is 0 Å². The second-order valence-corrected chi connectivity index (χ2v) is 7.89. The number of carboxylic acid groups (broad SMARTS) is 1. The van der Waals surface area contributed by atoms with E-state index >= 15 is 0 Å². The number of nitrogens with zero attached hydrogens (tertiary/aromatic N) is 2. The molecule has 1 aliphatic rings. The molecule has 1 fully saturated rings. The van der Waals surface area contributed by atoms with E-state index in [-0.39, 0.29) is 5.56 Å². The molecule has 0 aliphatic carbocycles. The molecule has 1 saturated heterocycles. The van der Waals surface area contributed by atoms with Crippen LogP contribution in [-0.2, 0) is 6.54 Å². The summed E-state index contributed by atoms with van der Waals surface area (Å²) in [6.45, 7) is 8.72. The number of aliphatic imine (C=N–C) groups is 1. The average Bonchev–Trinajstić information content (AvgIpc) is 3.27. The van der Waals surface area contributed by atoms with Gasteiger partial charge in [0, 0.05) is 6.54 Å². The summed E-state index contributed by atoms with van der Waals surface area (Å²) in [7, 11) is 0. The Morgan fingerprint density at radius 2 is 1.63 bits per heavy atom. The lowest BCUT2D eigenvalue weighted by atomic mass is 9.96. The molecule has 1 N–H and O–H groups in total. The molecule has 0 aromatic heterocycles. The molecule has 4 nitrogen and oxygen atoms in total. The van der Waals surface area contributed by atoms with Crippen molar-refractivity contribution in [2.45, 2.75) is 26.3 Å². The van der Waals surface area contributed by atoms with Crippen LogP contribution < -0.4 is 0 Å². The molecule has 1 heterocycles.